The zero-order valence-corrected chi connectivity index (χ0v) is 20.1. The molecule has 1 fully saturated rings. The Hall–Kier alpha value is -2.57. The second kappa shape index (κ2) is 13.5. The summed E-state index contributed by atoms with van der Waals surface area (Å²) in [5, 5.41) is 47.0. The number of ether oxygens (including phenoxy) is 2. The van der Waals surface area contributed by atoms with Gasteiger partial charge >= 0.3 is 5.97 Å². The Morgan fingerprint density at radius 3 is 2.49 bits per heavy atom. The summed E-state index contributed by atoms with van der Waals surface area (Å²) in [6.45, 7) is 2.70. The topological polar surface area (TPSA) is 175 Å². The third-order valence-corrected chi connectivity index (χ3v) is 5.83. The van der Waals surface area contributed by atoms with Crippen molar-refractivity contribution in [2.45, 2.75) is 88.8 Å². The Morgan fingerprint density at radius 2 is 1.89 bits per heavy atom. The van der Waals surface area contributed by atoms with E-state index in [1.807, 2.05) is 6.92 Å². The normalized spacial score (nSPS) is 25.9. The molecule has 2 amide bonds. The highest BCUT2D eigenvalue weighted by Gasteiger charge is 2.55. The highest BCUT2D eigenvalue weighted by Crippen LogP contribution is 2.34. The molecule has 6 atom stereocenters. The lowest BCUT2D eigenvalue weighted by Crippen LogP contribution is -2.68. The lowest BCUT2D eigenvalue weighted by atomic mass is 9.88. The number of aliphatic hydroxyl groups is 3. The van der Waals surface area contributed by atoms with E-state index in [1.54, 1.807) is 30.3 Å². The van der Waals surface area contributed by atoms with E-state index in [2.05, 4.69) is 10.6 Å². The molecule has 1 aromatic rings. The van der Waals surface area contributed by atoms with Gasteiger partial charge in [0.25, 0.3) is 5.79 Å². The minimum absolute atomic E-state index is 0.163. The monoisotopic (exact) mass is 496 g/mol. The van der Waals surface area contributed by atoms with E-state index >= 15 is 0 Å². The van der Waals surface area contributed by atoms with Crippen molar-refractivity contribution >= 4 is 17.8 Å². The van der Waals surface area contributed by atoms with Gasteiger partial charge in [-0.25, -0.2) is 4.79 Å². The molecular formula is C24H36N2O9. The van der Waals surface area contributed by atoms with Crippen LogP contribution in [0.15, 0.2) is 30.3 Å². The molecule has 196 valence electrons. The fraction of sp³-hybridized carbons (Fsp3) is 0.625. The Bertz CT molecular complexity index is 838. The summed E-state index contributed by atoms with van der Waals surface area (Å²) in [5.41, 5.74) is 0.651. The fourth-order valence-electron chi connectivity index (χ4n) is 3.91. The Morgan fingerprint density at radius 1 is 1.20 bits per heavy atom. The standard InChI is InChI=1S/C24H36N2O9/c1-3-4-6-11-19(30)25-13-18(29)21(31)22-20(26-15(2)27)17(28)12-24(35-22,23(32)33)34-14-16-9-7-5-8-10-16/h5,7-10,17-18,20-22,28-29,31H,3-4,6,11-14H2,1-2H3,(H,25,30)(H,26,27)(H,32,33)/t17-,18+,20+,21-,22+,24+/m0/s1. The highest BCUT2D eigenvalue weighted by atomic mass is 16.7. The van der Waals surface area contributed by atoms with Gasteiger partial charge in [0, 0.05) is 26.3 Å². The van der Waals surface area contributed by atoms with Crippen molar-refractivity contribution in [2.75, 3.05) is 6.54 Å². The van der Waals surface area contributed by atoms with Crippen LogP contribution in [0.2, 0.25) is 0 Å². The van der Waals surface area contributed by atoms with Crippen molar-refractivity contribution in [1.82, 2.24) is 10.6 Å². The second-order valence-corrected chi connectivity index (χ2v) is 8.73. The maximum Gasteiger partial charge on any atom is 0.364 e. The summed E-state index contributed by atoms with van der Waals surface area (Å²) in [7, 11) is 0. The van der Waals surface area contributed by atoms with Crippen LogP contribution in [0, 0.1) is 0 Å². The minimum Gasteiger partial charge on any atom is -0.477 e. The smallest absolute Gasteiger partial charge is 0.364 e. The van der Waals surface area contributed by atoms with Crippen LogP contribution in [-0.4, -0.2) is 81.0 Å². The van der Waals surface area contributed by atoms with E-state index < -0.39 is 54.5 Å². The number of rotatable bonds is 13. The van der Waals surface area contributed by atoms with Crippen LogP contribution in [0.5, 0.6) is 0 Å². The lowest BCUT2D eigenvalue weighted by molar-refractivity contribution is -0.314. The quantitative estimate of drug-likeness (QED) is 0.206. The summed E-state index contributed by atoms with van der Waals surface area (Å²) >= 11 is 0. The first kappa shape index (κ1) is 28.7. The molecule has 0 aromatic heterocycles. The number of benzene rings is 1. The summed E-state index contributed by atoms with van der Waals surface area (Å²) in [6.07, 6.45) is -4.13. The predicted octanol–water partition coefficient (Wildman–Crippen LogP) is 0.0569. The largest absolute Gasteiger partial charge is 0.477 e. The van der Waals surface area contributed by atoms with Crippen LogP contribution in [0.25, 0.3) is 0 Å². The first-order valence-corrected chi connectivity index (χ1v) is 11.8. The number of carbonyl (C=O) groups excluding carboxylic acids is 2. The van der Waals surface area contributed by atoms with Crippen molar-refractivity contribution in [3.8, 4) is 0 Å². The van der Waals surface area contributed by atoms with Crippen LogP contribution in [0.1, 0.15) is 51.5 Å². The zero-order valence-electron chi connectivity index (χ0n) is 20.1. The van der Waals surface area contributed by atoms with Gasteiger partial charge in [-0.3, -0.25) is 9.59 Å². The molecule has 1 aliphatic rings. The van der Waals surface area contributed by atoms with Crippen LogP contribution in [0.4, 0.5) is 0 Å². The van der Waals surface area contributed by atoms with E-state index in [0.717, 1.165) is 12.8 Å². The summed E-state index contributed by atoms with van der Waals surface area (Å²) < 4.78 is 11.3. The lowest BCUT2D eigenvalue weighted by Gasteiger charge is -2.46. The van der Waals surface area contributed by atoms with Crippen molar-refractivity contribution in [3.63, 3.8) is 0 Å². The molecule has 1 saturated heterocycles. The second-order valence-electron chi connectivity index (χ2n) is 8.73. The summed E-state index contributed by atoms with van der Waals surface area (Å²) in [6, 6.07) is 7.48. The molecule has 6 N–H and O–H groups in total. The van der Waals surface area contributed by atoms with Gasteiger partial charge in [0.1, 0.15) is 12.2 Å². The number of aliphatic hydroxyl groups excluding tert-OH is 3. The Kier molecular flexibility index (Phi) is 11.1. The predicted molar refractivity (Wildman–Crippen MR) is 124 cm³/mol. The maximum atomic E-state index is 12.2. The number of carboxylic acids is 1. The number of amides is 2. The molecule has 0 aliphatic carbocycles. The van der Waals surface area contributed by atoms with Gasteiger partial charge in [-0.2, -0.15) is 0 Å². The summed E-state index contributed by atoms with van der Waals surface area (Å²) in [5.74, 6) is -4.75. The van der Waals surface area contributed by atoms with Gasteiger partial charge in [-0.15, -0.1) is 0 Å². The highest BCUT2D eigenvalue weighted by molar-refractivity contribution is 5.77. The molecule has 0 radical (unpaired) electrons. The SMILES string of the molecule is CCCCCC(=O)NC[C@@H](O)[C@H](O)[C@@H]1O[C@@](OCc2ccccc2)(C(=O)O)C[C@H](O)[C@H]1NC(C)=O. The molecule has 0 saturated carbocycles. The molecule has 11 nitrogen and oxygen atoms in total. The van der Waals surface area contributed by atoms with Gasteiger partial charge < -0.3 is 40.5 Å². The molecule has 0 bridgehead atoms. The van der Waals surface area contributed by atoms with Gasteiger partial charge in [0.2, 0.25) is 11.8 Å². The van der Waals surface area contributed by atoms with Crippen LogP contribution < -0.4 is 10.6 Å². The number of carbonyl (C=O) groups is 3. The van der Waals surface area contributed by atoms with Crippen molar-refractivity contribution in [3.05, 3.63) is 35.9 Å². The Balaban J connectivity index is 2.18. The number of nitrogens with one attached hydrogen (secondary N) is 2. The Labute approximate surface area is 204 Å². The van der Waals surface area contributed by atoms with E-state index in [0.29, 0.717) is 12.0 Å². The van der Waals surface area contributed by atoms with Gasteiger partial charge in [-0.1, -0.05) is 50.1 Å². The number of hydrogen-bond donors (Lipinski definition) is 6. The van der Waals surface area contributed by atoms with E-state index in [4.69, 9.17) is 9.47 Å². The van der Waals surface area contributed by atoms with Gasteiger partial charge in [0.15, 0.2) is 0 Å². The number of aliphatic carboxylic acids is 1. The van der Waals surface area contributed by atoms with Crippen LogP contribution in [-0.2, 0) is 30.5 Å². The zero-order chi connectivity index (χ0) is 26.0. The molecule has 35 heavy (non-hydrogen) atoms. The van der Waals surface area contributed by atoms with E-state index in [-0.39, 0.29) is 25.5 Å². The van der Waals surface area contributed by atoms with Crippen LogP contribution >= 0.6 is 0 Å². The molecular weight excluding hydrogens is 460 g/mol. The van der Waals surface area contributed by atoms with Gasteiger partial charge in [0.05, 0.1) is 24.9 Å². The van der Waals surface area contributed by atoms with Crippen molar-refractivity contribution in [1.29, 1.82) is 0 Å². The maximum absolute atomic E-state index is 12.2. The van der Waals surface area contributed by atoms with E-state index in [9.17, 15) is 34.8 Å². The van der Waals surface area contributed by atoms with Crippen LogP contribution in [0.3, 0.4) is 0 Å². The van der Waals surface area contributed by atoms with Crippen molar-refractivity contribution < 1.29 is 44.3 Å². The van der Waals surface area contributed by atoms with Crippen molar-refractivity contribution in [2.24, 2.45) is 0 Å². The average Bonchev–Trinajstić information content (AvgIpc) is 2.82. The molecule has 11 heteroatoms. The minimum atomic E-state index is -2.35. The summed E-state index contributed by atoms with van der Waals surface area (Å²) in [4.78, 5) is 35.9. The third-order valence-electron chi connectivity index (χ3n) is 5.83. The first-order valence-electron chi connectivity index (χ1n) is 11.8. The molecule has 1 aromatic carbocycles. The third kappa shape index (κ3) is 8.25. The van der Waals surface area contributed by atoms with Gasteiger partial charge in [-0.05, 0) is 12.0 Å². The van der Waals surface area contributed by atoms with E-state index in [1.165, 1.54) is 6.92 Å². The fourth-order valence-corrected chi connectivity index (χ4v) is 3.91. The number of unbranched alkanes of at least 4 members (excludes halogenated alkanes) is 2. The average molecular weight is 497 g/mol. The molecule has 0 spiro atoms. The first-order chi connectivity index (χ1) is 16.6. The molecule has 1 aliphatic heterocycles. The number of hydrogen-bond acceptors (Lipinski definition) is 8. The molecule has 1 heterocycles. The number of carboxylic acid groups (broad SMARTS) is 1. The molecule has 2 rings (SSSR count). The molecule has 0 unspecified atom stereocenters.